The first-order valence-corrected chi connectivity index (χ1v) is 5.74. The van der Waals surface area contributed by atoms with Crippen LogP contribution in [0.5, 0.6) is 5.88 Å². The lowest BCUT2D eigenvalue weighted by Crippen LogP contribution is -2.32. The number of aryl methyl sites for hydroxylation is 1. The van der Waals surface area contributed by atoms with Gasteiger partial charge in [-0.25, -0.2) is 4.98 Å². The first-order chi connectivity index (χ1) is 7.46. The summed E-state index contributed by atoms with van der Waals surface area (Å²) in [5.74, 6) is 1.74. The van der Waals surface area contributed by atoms with Crippen LogP contribution >= 0.6 is 11.6 Å². The molecular formula is C11H18ClN3O. The highest BCUT2D eigenvalue weighted by Crippen LogP contribution is 2.18. The van der Waals surface area contributed by atoms with E-state index in [0.29, 0.717) is 17.7 Å². The molecule has 0 fully saturated rings. The van der Waals surface area contributed by atoms with E-state index in [-0.39, 0.29) is 5.54 Å². The van der Waals surface area contributed by atoms with Crippen LogP contribution in [0, 0.1) is 6.92 Å². The molecule has 0 unspecified atom stereocenters. The third kappa shape index (κ3) is 3.85. The molecule has 0 aromatic carbocycles. The summed E-state index contributed by atoms with van der Waals surface area (Å²) >= 11 is 5.74. The fraction of sp³-hybridized carbons (Fsp3) is 0.636. The Labute approximate surface area is 101 Å². The van der Waals surface area contributed by atoms with E-state index in [4.69, 9.17) is 16.3 Å². The number of alkyl halides is 1. The van der Waals surface area contributed by atoms with E-state index in [9.17, 15) is 0 Å². The van der Waals surface area contributed by atoms with E-state index in [1.807, 2.05) is 6.92 Å². The van der Waals surface area contributed by atoms with Crippen LogP contribution in [-0.2, 0) is 0 Å². The van der Waals surface area contributed by atoms with Crippen molar-refractivity contribution in [1.82, 2.24) is 9.97 Å². The Morgan fingerprint density at radius 2 is 2.12 bits per heavy atom. The Bertz CT molecular complexity index is 355. The van der Waals surface area contributed by atoms with Crippen molar-refractivity contribution in [3.63, 3.8) is 0 Å². The van der Waals surface area contributed by atoms with Crippen LogP contribution in [0.25, 0.3) is 0 Å². The number of rotatable bonds is 5. The number of methoxy groups -OCH3 is 1. The van der Waals surface area contributed by atoms with Gasteiger partial charge in [-0.15, -0.1) is 11.6 Å². The summed E-state index contributed by atoms with van der Waals surface area (Å²) in [5, 5.41) is 3.25. The number of aromatic nitrogens is 2. The Morgan fingerprint density at radius 1 is 1.44 bits per heavy atom. The van der Waals surface area contributed by atoms with Crippen molar-refractivity contribution in [2.45, 2.75) is 32.7 Å². The van der Waals surface area contributed by atoms with Gasteiger partial charge < -0.3 is 10.1 Å². The number of anilines is 1. The van der Waals surface area contributed by atoms with Gasteiger partial charge in [0.2, 0.25) is 11.8 Å². The number of nitrogens with one attached hydrogen (secondary N) is 1. The number of ether oxygens (including phenoxy) is 1. The molecule has 16 heavy (non-hydrogen) atoms. The molecule has 0 bridgehead atoms. The normalized spacial score (nSPS) is 11.3. The minimum Gasteiger partial charge on any atom is -0.481 e. The smallest absolute Gasteiger partial charge is 0.226 e. The van der Waals surface area contributed by atoms with Crippen molar-refractivity contribution < 1.29 is 4.74 Å². The fourth-order valence-electron chi connectivity index (χ4n) is 1.30. The molecule has 0 radical (unpaired) electrons. The third-order valence-electron chi connectivity index (χ3n) is 2.21. The highest BCUT2D eigenvalue weighted by Gasteiger charge is 2.18. The minimum atomic E-state index is -0.124. The summed E-state index contributed by atoms with van der Waals surface area (Å²) in [4.78, 5) is 8.54. The maximum absolute atomic E-state index is 5.74. The van der Waals surface area contributed by atoms with Crippen LogP contribution in [0.4, 0.5) is 5.95 Å². The Kier molecular flexibility index (Phi) is 4.35. The van der Waals surface area contributed by atoms with E-state index in [1.165, 1.54) is 0 Å². The van der Waals surface area contributed by atoms with Crippen LogP contribution in [0.2, 0.25) is 0 Å². The Hall–Kier alpha value is -1.03. The lowest BCUT2D eigenvalue weighted by Gasteiger charge is -2.25. The molecular weight excluding hydrogens is 226 g/mol. The third-order valence-corrected chi connectivity index (χ3v) is 2.40. The van der Waals surface area contributed by atoms with E-state index in [1.54, 1.807) is 13.2 Å². The second kappa shape index (κ2) is 5.34. The predicted molar refractivity (Wildman–Crippen MR) is 66.4 cm³/mol. The van der Waals surface area contributed by atoms with Gasteiger partial charge in [0, 0.05) is 23.2 Å². The van der Waals surface area contributed by atoms with Gasteiger partial charge in [-0.1, -0.05) is 0 Å². The molecule has 1 N–H and O–H groups in total. The predicted octanol–water partition coefficient (Wildman–Crippen LogP) is 2.61. The summed E-state index contributed by atoms with van der Waals surface area (Å²) in [6, 6.07) is 1.79. The fourth-order valence-corrected chi connectivity index (χ4v) is 1.77. The van der Waals surface area contributed by atoms with Crippen LogP contribution in [-0.4, -0.2) is 28.5 Å². The molecule has 0 saturated carbocycles. The van der Waals surface area contributed by atoms with Gasteiger partial charge in [0.15, 0.2) is 0 Å². The van der Waals surface area contributed by atoms with Gasteiger partial charge in [-0.05, 0) is 27.2 Å². The van der Waals surface area contributed by atoms with Crippen molar-refractivity contribution >= 4 is 17.5 Å². The van der Waals surface area contributed by atoms with Crippen LogP contribution in [0.1, 0.15) is 26.0 Å². The molecule has 1 aromatic heterocycles. The first kappa shape index (κ1) is 13.0. The van der Waals surface area contributed by atoms with Gasteiger partial charge in [0.25, 0.3) is 0 Å². The topological polar surface area (TPSA) is 47.0 Å². The monoisotopic (exact) mass is 243 g/mol. The lowest BCUT2D eigenvalue weighted by atomic mass is 10.0. The first-order valence-electron chi connectivity index (χ1n) is 5.20. The van der Waals surface area contributed by atoms with Crippen LogP contribution in [0.15, 0.2) is 6.07 Å². The van der Waals surface area contributed by atoms with Crippen LogP contribution in [0.3, 0.4) is 0 Å². The quantitative estimate of drug-likeness (QED) is 0.808. The minimum absolute atomic E-state index is 0.124. The molecule has 0 amide bonds. The standard InChI is InChI=1S/C11H18ClN3O/c1-8-7-9(16-4)14-10(13-8)15-11(2,3)5-6-12/h7H,5-6H2,1-4H3,(H,13,14,15). The molecule has 1 heterocycles. The molecule has 0 aliphatic rings. The van der Waals surface area contributed by atoms with Gasteiger partial charge in [-0.2, -0.15) is 4.98 Å². The molecule has 0 aliphatic carbocycles. The summed E-state index contributed by atoms with van der Waals surface area (Å²) < 4.78 is 5.09. The van der Waals surface area contributed by atoms with Gasteiger partial charge in [0.05, 0.1) is 7.11 Å². The molecule has 0 saturated heterocycles. The Morgan fingerprint density at radius 3 is 2.69 bits per heavy atom. The van der Waals surface area contributed by atoms with E-state index >= 15 is 0 Å². The Balaban J connectivity index is 2.84. The molecule has 0 atom stereocenters. The highest BCUT2D eigenvalue weighted by atomic mass is 35.5. The van der Waals surface area contributed by atoms with Crippen molar-refractivity contribution in [1.29, 1.82) is 0 Å². The average Bonchev–Trinajstić information content (AvgIpc) is 2.15. The zero-order valence-corrected chi connectivity index (χ0v) is 10.9. The maximum Gasteiger partial charge on any atom is 0.226 e. The number of halogens is 1. The molecule has 5 heteroatoms. The second-order valence-corrected chi connectivity index (χ2v) is 4.70. The van der Waals surface area contributed by atoms with Crippen molar-refractivity contribution in [3.8, 4) is 5.88 Å². The maximum atomic E-state index is 5.74. The summed E-state index contributed by atoms with van der Waals surface area (Å²) in [5.41, 5.74) is 0.747. The summed E-state index contributed by atoms with van der Waals surface area (Å²) in [7, 11) is 1.59. The number of hydrogen-bond donors (Lipinski definition) is 1. The molecule has 0 spiro atoms. The zero-order chi connectivity index (χ0) is 12.2. The molecule has 90 valence electrons. The molecule has 1 aromatic rings. The van der Waals surface area contributed by atoms with E-state index in [2.05, 4.69) is 29.1 Å². The number of hydrogen-bond acceptors (Lipinski definition) is 4. The van der Waals surface area contributed by atoms with Crippen molar-refractivity contribution in [2.24, 2.45) is 0 Å². The molecule has 1 rings (SSSR count). The molecule has 0 aliphatic heterocycles. The van der Waals surface area contributed by atoms with Crippen LogP contribution < -0.4 is 10.1 Å². The van der Waals surface area contributed by atoms with Crippen molar-refractivity contribution in [2.75, 3.05) is 18.3 Å². The summed E-state index contributed by atoms with van der Waals surface area (Å²) in [6.45, 7) is 6.03. The van der Waals surface area contributed by atoms with E-state index < -0.39 is 0 Å². The zero-order valence-electron chi connectivity index (χ0n) is 10.2. The highest BCUT2D eigenvalue weighted by molar-refractivity contribution is 6.17. The average molecular weight is 244 g/mol. The van der Waals surface area contributed by atoms with Gasteiger partial charge in [0.1, 0.15) is 0 Å². The largest absolute Gasteiger partial charge is 0.481 e. The van der Waals surface area contributed by atoms with Gasteiger partial charge >= 0.3 is 0 Å². The van der Waals surface area contributed by atoms with E-state index in [0.717, 1.165) is 12.1 Å². The van der Waals surface area contributed by atoms with Crippen molar-refractivity contribution in [3.05, 3.63) is 11.8 Å². The SMILES string of the molecule is COc1cc(C)nc(NC(C)(C)CCCl)n1. The summed E-state index contributed by atoms with van der Waals surface area (Å²) in [6.07, 6.45) is 0.841. The molecule has 4 nitrogen and oxygen atoms in total. The van der Waals surface area contributed by atoms with Gasteiger partial charge in [-0.3, -0.25) is 0 Å². The number of nitrogens with zero attached hydrogens (tertiary/aromatic N) is 2. The lowest BCUT2D eigenvalue weighted by molar-refractivity contribution is 0.396. The second-order valence-electron chi connectivity index (χ2n) is 4.32.